The van der Waals surface area contributed by atoms with Gasteiger partial charge in [-0.2, -0.15) is 0 Å². The van der Waals surface area contributed by atoms with Crippen LogP contribution in [0.3, 0.4) is 0 Å². The maximum absolute atomic E-state index is 12.0. The topological polar surface area (TPSA) is 58.6 Å². The summed E-state index contributed by atoms with van der Waals surface area (Å²) in [6.07, 6.45) is 7.55. The number of nitrogens with one attached hydrogen (secondary N) is 1. The molecule has 0 aromatic carbocycles. The number of ether oxygens (including phenoxy) is 1. The van der Waals surface area contributed by atoms with Crippen LogP contribution in [-0.4, -0.2) is 35.9 Å². The lowest BCUT2D eigenvalue weighted by Gasteiger charge is -2.36. The maximum Gasteiger partial charge on any atom is 0.249 e. The molecule has 1 saturated heterocycles. The van der Waals surface area contributed by atoms with E-state index in [9.17, 15) is 9.90 Å². The van der Waals surface area contributed by atoms with Crippen molar-refractivity contribution in [2.75, 3.05) is 13.2 Å². The smallest absolute Gasteiger partial charge is 0.249 e. The highest BCUT2D eigenvalue weighted by Gasteiger charge is 2.33. The third kappa shape index (κ3) is 4.18. The molecular weight excluding hydrogens is 242 g/mol. The van der Waals surface area contributed by atoms with Gasteiger partial charge in [0.25, 0.3) is 0 Å². The van der Waals surface area contributed by atoms with Crippen molar-refractivity contribution in [3.8, 4) is 0 Å². The van der Waals surface area contributed by atoms with Gasteiger partial charge in [-0.15, -0.1) is 0 Å². The van der Waals surface area contributed by atoms with Crippen LogP contribution in [0.25, 0.3) is 0 Å². The van der Waals surface area contributed by atoms with Crippen LogP contribution in [0, 0.1) is 5.92 Å². The number of amides is 1. The molecule has 19 heavy (non-hydrogen) atoms. The van der Waals surface area contributed by atoms with Gasteiger partial charge in [-0.05, 0) is 50.9 Å². The van der Waals surface area contributed by atoms with E-state index in [2.05, 4.69) is 12.2 Å². The molecule has 0 aromatic heterocycles. The fourth-order valence-corrected chi connectivity index (χ4v) is 3.11. The van der Waals surface area contributed by atoms with E-state index in [1.165, 1.54) is 6.42 Å². The van der Waals surface area contributed by atoms with Crippen molar-refractivity contribution in [3.63, 3.8) is 0 Å². The van der Waals surface area contributed by atoms with E-state index in [4.69, 9.17) is 4.74 Å². The van der Waals surface area contributed by atoms with Gasteiger partial charge in [0.15, 0.2) is 0 Å². The van der Waals surface area contributed by atoms with Gasteiger partial charge >= 0.3 is 0 Å². The first-order valence-electron chi connectivity index (χ1n) is 7.75. The third-order valence-corrected chi connectivity index (χ3v) is 4.68. The van der Waals surface area contributed by atoms with Crippen LogP contribution in [0.5, 0.6) is 0 Å². The first-order chi connectivity index (χ1) is 9.13. The van der Waals surface area contributed by atoms with Crippen molar-refractivity contribution in [1.29, 1.82) is 0 Å². The number of carbonyl (C=O) groups excluding carboxylic acids is 1. The van der Waals surface area contributed by atoms with Crippen LogP contribution in [0.4, 0.5) is 0 Å². The van der Waals surface area contributed by atoms with E-state index in [1.54, 1.807) is 0 Å². The highest BCUT2D eigenvalue weighted by atomic mass is 16.5. The summed E-state index contributed by atoms with van der Waals surface area (Å²) in [5.74, 6) is 0.698. The SMILES string of the molecule is CCC1CCC(O)(CNC(=O)C2CCCCO2)CC1. The van der Waals surface area contributed by atoms with Gasteiger partial charge in [-0.3, -0.25) is 4.79 Å². The average Bonchev–Trinajstić information content (AvgIpc) is 2.47. The lowest BCUT2D eigenvalue weighted by atomic mass is 9.78. The van der Waals surface area contributed by atoms with E-state index in [-0.39, 0.29) is 12.0 Å². The maximum atomic E-state index is 12.0. The second-order valence-electron chi connectivity index (χ2n) is 6.15. The molecule has 2 N–H and O–H groups in total. The zero-order valence-electron chi connectivity index (χ0n) is 12.0. The van der Waals surface area contributed by atoms with Gasteiger partial charge in [-0.25, -0.2) is 0 Å². The van der Waals surface area contributed by atoms with Crippen LogP contribution in [0.15, 0.2) is 0 Å². The lowest BCUT2D eigenvalue weighted by Crippen LogP contribution is -2.48. The van der Waals surface area contributed by atoms with E-state index < -0.39 is 5.60 Å². The van der Waals surface area contributed by atoms with Gasteiger partial charge < -0.3 is 15.2 Å². The Hall–Kier alpha value is -0.610. The Kier molecular flexibility index (Phi) is 5.22. The Morgan fingerprint density at radius 2 is 2.05 bits per heavy atom. The minimum atomic E-state index is -0.698. The normalized spacial score (nSPS) is 35.9. The molecule has 2 fully saturated rings. The number of aliphatic hydroxyl groups is 1. The van der Waals surface area contributed by atoms with Crippen molar-refractivity contribution in [3.05, 3.63) is 0 Å². The zero-order chi connectivity index (χ0) is 13.7. The Morgan fingerprint density at radius 3 is 2.63 bits per heavy atom. The second kappa shape index (κ2) is 6.71. The summed E-state index contributed by atoms with van der Waals surface area (Å²) in [6, 6.07) is 0. The fraction of sp³-hybridized carbons (Fsp3) is 0.933. The van der Waals surface area contributed by atoms with Crippen molar-refractivity contribution >= 4 is 5.91 Å². The molecule has 1 saturated carbocycles. The van der Waals surface area contributed by atoms with E-state index >= 15 is 0 Å². The molecule has 0 radical (unpaired) electrons. The van der Waals surface area contributed by atoms with Crippen LogP contribution < -0.4 is 5.32 Å². The first-order valence-corrected chi connectivity index (χ1v) is 7.75. The number of hydrogen-bond donors (Lipinski definition) is 2. The second-order valence-corrected chi connectivity index (χ2v) is 6.15. The fourth-order valence-electron chi connectivity index (χ4n) is 3.11. The molecule has 1 atom stereocenters. The Balaban J connectivity index is 1.73. The quantitative estimate of drug-likeness (QED) is 0.820. The van der Waals surface area contributed by atoms with Gasteiger partial charge in [0.1, 0.15) is 6.10 Å². The third-order valence-electron chi connectivity index (χ3n) is 4.68. The number of hydrogen-bond acceptors (Lipinski definition) is 3. The lowest BCUT2D eigenvalue weighted by molar-refractivity contribution is -0.137. The molecule has 2 rings (SSSR count). The number of carbonyl (C=O) groups is 1. The minimum Gasteiger partial charge on any atom is -0.388 e. The summed E-state index contributed by atoms with van der Waals surface area (Å²) < 4.78 is 5.45. The summed E-state index contributed by atoms with van der Waals surface area (Å²) in [5.41, 5.74) is -0.698. The molecule has 4 heteroatoms. The van der Waals surface area contributed by atoms with Crippen LogP contribution in [0.2, 0.25) is 0 Å². The Morgan fingerprint density at radius 1 is 1.32 bits per heavy atom. The summed E-state index contributed by atoms with van der Waals surface area (Å²) in [6.45, 7) is 3.26. The predicted molar refractivity (Wildman–Crippen MR) is 73.8 cm³/mol. The van der Waals surface area contributed by atoms with E-state index in [1.807, 2.05) is 0 Å². The summed E-state index contributed by atoms with van der Waals surface area (Å²) in [4.78, 5) is 12.0. The summed E-state index contributed by atoms with van der Waals surface area (Å²) in [5, 5.41) is 13.4. The van der Waals surface area contributed by atoms with Crippen LogP contribution >= 0.6 is 0 Å². The van der Waals surface area contributed by atoms with Gasteiger partial charge in [0.05, 0.1) is 5.60 Å². The van der Waals surface area contributed by atoms with E-state index in [0.29, 0.717) is 13.2 Å². The van der Waals surface area contributed by atoms with Crippen molar-refractivity contribution < 1.29 is 14.6 Å². The van der Waals surface area contributed by atoms with Crippen molar-refractivity contribution in [2.45, 2.75) is 70.0 Å². The van der Waals surface area contributed by atoms with Crippen LogP contribution in [0.1, 0.15) is 58.3 Å². The number of rotatable bonds is 4. The van der Waals surface area contributed by atoms with Gasteiger partial charge in [0.2, 0.25) is 5.91 Å². The van der Waals surface area contributed by atoms with E-state index in [0.717, 1.165) is 50.9 Å². The molecule has 1 heterocycles. The monoisotopic (exact) mass is 269 g/mol. The molecule has 0 spiro atoms. The summed E-state index contributed by atoms with van der Waals surface area (Å²) >= 11 is 0. The molecular formula is C15H27NO3. The zero-order valence-corrected chi connectivity index (χ0v) is 12.0. The molecule has 0 bridgehead atoms. The molecule has 2 aliphatic rings. The Labute approximate surface area is 115 Å². The molecule has 1 aliphatic carbocycles. The largest absolute Gasteiger partial charge is 0.388 e. The molecule has 1 unspecified atom stereocenters. The van der Waals surface area contributed by atoms with Crippen molar-refractivity contribution in [2.24, 2.45) is 5.92 Å². The standard InChI is InChI=1S/C15H27NO3/c1-2-12-6-8-15(18,9-7-12)11-16-14(17)13-5-3-4-10-19-13/h12-13,18H,2-11H2,1H3,(H,16,17). The Bertz CT molecular complexity index is 292. The minimum absolute atomic E-state index is 0.0502. The molecule has 4 nitrogen and oxygen atoms in total. The molecule has 0 aromatic rings. The summed E-state index contributed by atoms with van der Waals surface area (Å²) in [7, 11) is 0. The molecule has 110 valence electrons. The molecule has 1 aliphatic heterocycles. The highest BCUT2D eigenvalue weighted by Crippen LogP contribution is 2.33. The average molecular weight is 269 g/mol. The predicted octanol–water partition coefficient (Wildman–Crippen LogP) is 2.00. The van der Waals surface area contributed by atoms with Crippen molar-refractivity contribution in [1.82, 2.24) is 5.32 Å². The molecule has 1 amide bonds. The highest BCUT2D eigenvalue weighted by molar-refractivity contribution is 5.80. The van der Waals surface area contributed by atoms with Crippen LogP contribution in [-0.2, 0) is 9.53 Å². The first kappa shape index (κ1) is 14.8. The van der Waals surface area contributed by atoms with Gasteiger partial charge in [-0.1, -0.05) is 13.3 Å². The van der Waals surface area contributed by atoms with Gasteiger partial charge in [0, 0.05) is 13.2 Å².